The fourth-order valence-electron chi connectivity index (χ4n) is 4.97. The van der Waals surface area contributed by atoms with E-state index in [4.69, 9.17) is 0 Å². The van der Waals surface area contributed by atoms with Crippen LogP contribution >= 0.6 is 0 Å². The van der Waals surface area contributed by atoms with E-state index in [2.05, 4.69) is 28.2 Å². The van der Waals surface area contributed by atoms with Crippen LogP contribution in [0, 0.1) is 13.8 Å². The Morgan fingerprint density at radius 1 is 0.882 bits per heavy atom. The van der Waals surface area contributed by atoms with Gasteiger partial charge >= 0.3 is 6.18 Å². The number of alkyl halides is 3. The molecule has 0 saturated carbocycles. The zero-order chi connectivity index (χ0) is 23.9. The summed E-state index contributed by atoms with van der Waals surface area (Å²) in [6.07, 6.45) is -0.821. The molecule has 1 aliphatic rings. The number of piperidine rings is 1. The molecule has 1 aromatic heterocycles. The molecule has 0 amide bonds. The van der Waals surface area contributed by atoms with Crippen LogP contribution in [0.5, 0.6) is 0 Å². The summed E-state index contributed by atoms with van der Waals surface area (Å²) in [6, 6.07) is 18.7. The Bertz CT molecular complexity index is 1310. The third kappa shape index (κ3) is 4.29. The van der Waals surface area contributed by atoms with Crippen molar-refractivity contribution in [3.63, 3.8) is 0 Å². The minimum atomic E-state index is -4.46. The summed E-state index contributed by atoms with van der Waals surface area (Å²) in [5.74, 6) is 0. The Balaban J connectivity index is 1.63. The van der Waals surface area contributed by atoms with Crippen molar-refractivity contribution in [1.29, 1.82) is 0 Å². The van der Waals surface area contributed by atoms with Crippen LogP contribution in [0.1, 0.15) is 41.5 Å². The van der Waals surface area contributed by atoms with E-state index in [1.165, 1.54) is 25.3 Å². The van der Waals surface area contributed by atoms with Gasteiger partial charge in [-0.3, -0.25) is 4.68 Å². The number of anilines is 1. The molecule has 176 valence electrons. The SMILES string of the molecule is Cc1ccc(Cn2nc3c(C(F)(F)F)cccc3c2-c2ccc(N3CCCCC3)cc2)c(C)c1. The lowest BCUT2D eigenvalue weighted by Crippen LogP contribution is -2.29. The fourth-order valence-corrected chi connectivity index (χ4v) is 4.97. The van der Waals surface area contributed by atoms with Gasteiger partial charge in [-0.1, -0.05) is 48.0 Å². The van der Waals surface area contributed by atoms with Crippen LogP contribution in [0.4, 0.5) is 18.9 Å². The fraction of sp³-hybridized carbons (Fsp3) is 0.321. The van der Waals surface area contributed by atoms with Crippen LogP contribution < -0.4 is 4.90 Å². The van der Waals surface area contributed by atoms with Gasteiger partial charge in [0.1, 0.15) is 5.52 Å². The lowest BCUT2D eigenvalue weighted by Gasteiger charge is -2.28. The van der Waals surface area contributed by atoms with Gasteiger partial charge in [-0.15, -0.1) is 0 Å². The molecule has 1 aliphatic heterocycles. The van der Waals surface area contributed by atoms with Crippen LogP contribution in [-0.2, 0) is 12.7 Å². The molecule has 5 rings (SSSR count). The highest BCUT2D eigenvalue weighted by atomic mass is 19.4. The summed E-state index contributed by atoms with van der Waals surface area (Å²) < 4.78 is 43.1. The van der Waals surface area contributed by atoms with E-state index < -0.39 is 11.7 Å². The van der Waals surface area contributed by atoms with Crippen LogP contribution in [-0.4, -0.2) is 22.9 Å². The minimum Gasteiger partial charge on any atom is -0.372 e. The molecule has 0 radical (unpaired) electrons. The van der Waals surface area contributed by atoms with E-state index in [1.54, 1.807) is 10.7 Å². The number of aromatic nitrogens is 2. The zero-order valence-electron chi connectivity index (χ0n) is 19.5. The standard InChI is InChI=1S/C28H28F3N3/c1-19-9-10-22(20(2)17-19)18-34-27(24-7-6-8-25(26(24)32-34)28(29,30)31)21-11-13-23(14-12-21)33-15-4-3-5-16-33/h6-14,17H,3-5,15-16,18H2,1-2H3. The highest BCUT2D eigenvalue weighted by Gasteiger charge is 2.34. The topological polar surface area (TPSA) is 21.1 Å². The van der Waals surface area contributed by atoms with E-state index in [1.807, 2.05) is 38.1 Å². The summed E-state index contributed by atoms with van der Waals surface area (Å²) in [5, 5.41) is 5.03. The summed E-state index contributed by atoms with van der Waals surface area (Å²) in [5.41, 5.74) is 5.33. The number of nitrogens with zero attached hydrogens (tertiary/aromatic N) is 3. The molecule has 34 heavy (non-hydrogen) atoms. The second-order valence-corrected chi connectivity index (χ2v) is 9.23. The molecule has 0 N–H and O–H groups in total. The molecule has 0 atom stereocenters. The second-order valence-electron chi connectivity index (χ2n) is 9.23. The number of hydrogen-bond donors (Lipinski definition) is 0. The number of fused-ring (bicyclic) bond motifs is 1. The van der Waals surface area contributed by atoms with Gasteiger partial charge in [-0.25, -0.2) is 0 Å². The molecular weight excluding hydrogens is 435 g/mol. The highest BCUT2D eigenvalue weighted by molar-refractivity contribution is 5.95. The average Bonchev–Trinajstić information content (AvgIpc) is 3.19. The lowest BCUT2D eigenvalue weighted by atomic mass is 10.0. The van der Waals surface area contributed by atoms with Gasteiger partial charge in [0.25, 0.3) is 0 Å². The van der Waals surface area contributed by atoms with Crippen molar-refractivity contribution >= 4 is 16.6 Å². The van der Waals surface area contributed by atoms with Gasteiger partial charge in [0.2, 0.25) is 0 Å². The predicted molar refractivity (Wildman–Crippen MR) is 131 cm³/mol. The maximum atomic E-state index is 13.8. The molecule has 0 aliphatic carbocycles. The van der Waals surface area contributed by atoms with Gasteiger partial charge in [-0.05, 0) is 62.4 Å². The minimum absolute atomic E-state index is 0.00475. The van der Waals surface area contributed by atoms with Crippen LogP contribution in [0.2, 0.25) is 0 Å². The maximum absolute atomic E-state index is 13.8. The van der Waals surface area contributed by atoms with Gasteiger partial charge in [-0.2, -0.15) is 18.3 Å². The molecule has 0 spiro atoms. The first-order valence-corrected chi connectivity index (χ1v) is 11.8. The number of halogens is 3. The van der Waals surface area contributed by atoms with Crippen LogP contribution in [0.15, 0.2) is 60.7 Å². The van der Waals surface area contributed by atoms with E-state index in [0.29, 0.717) is 17.6 Å². The van der Waals surface area contributed by atoms with Crippen molar-refractivity contribution in [2.24, 2.45) is 0 Å². The molecule has 4 aromatic rings. The predicted octanol–water partition coefficient (Wildman–Crippen LogP) is 7.38. The van der Waals surface area contributed by atoms with Crippen molar-refractivity contribution < 1.29 is 13.2 Å². The van der Waals surface area contributed by atoms with Gasteiger partial charge in [0.15, 0.2) is 0 Å². The van der Waals surface area contributed by atoms with E-state index in [-0.39, 0.29) is 5.52 Å². The Hall–Kier alpha value is -3.28. The van der Waals surface area contributed by atoms with Crippen molar-refractivity contribution in [3.05, 3.63) is 82.9 Å². The summed E-state index contributed by atoms with van der Waals surface area (Å²) in [7, 11) is 0. The molecule has 3 nitrogen and oxygen atoms in total. The second kappa shape index (κ2) is 8.82. The quantitative estimate of drug-likeness (QED) is 0.315. The van der Waals surface area contributed by atoms with Gasteiger partial charge in [0.05, 0.1) is 17.8 Å². The lowest BCUT2D eigenvalue weighted by molar-refractivity contribution is -0.136. The van der Waals surface area contributed by atoms with Crippen LogP contribution in [0.3, 0.4) is 0 Å². The first-order chi connectivity index (χ1) is 16.3. The number of aryl methyl sites for hydroxylation is 2. The highest BCUT2D eigenvalue weighted by Crippen LogP contribution is 2.38. The first kappa shape index (κ1) is 22.5. The normalized spacial score (nSPS) is 14.7. The van der Waals surface area contributed by atoms with Crippen LogP contribution in [0.25, 0.3) is 22.2 Å². The Morgan fingerprint density at radius 2 is 1.62 bits per heavy atom. The Labute approximate surface area is 197 Å². The summed E-state index contributed by atoms with van der Waals surface area (Å²) >= 11 is 0. The first-order valence-electron chi connectivity index (χ1n) is 11.8. The van der Waals surface area contributed by atoms with Crippen molar-refractivity contribution in [2.75, 3.05) is 18.0 Å². The van der Waals surface area contributed by atoms with Gasteiger partial charge in [0, 0.05) is 29.7 Å². The van der Waals surface area contributed by atoms with E-state index in [9.17, 15) is 13.2 Å². The molecular formula is C28H28F3N3. The third-order valence-corrected chi connectivity index (χ3v) is 6.76. The van der Waals surface area contributed by atoms with Crippen molar-refractivity contribution in [3.8, 4) is 11.3 Å². The summed E-state index contributed by atoms with van der Waals surface area (Å²) in [4.78, 5) is 2.38. The molecule has 1 fully saturated rings. The molecule has 2 heterocycles. The maximum Gasteiger partial charge on any atom is 0.418 e. The molecule has 6 heteroatoms. The molecule has 3 aromatic carbocycles. The van der Waals surface area contributed by atoms with Crippen molar-refractivity contribution in [1.82, 2.24) is 9.78 Å². The smallest absolute Gasteiger partial charge is 0.372 e. The molecule has 1 saturated heterocycles. The number of hydrogen-bond acceptors (Lipinski definition) is 2. The average molecular weight is 464 g/mol. The summed E-state index contributed by atoms with van der Waals surface area (Å²) in [6.45, 7) is 6.55. The third-order valence-electron chi connectivity index (χ3n) is 6.76. The largest absolute Gasteiger partial charge is 0.418 e. The van der Waals surface area contributed by atoms with Crippen molar-refractivity contribution in [2.45, 2.75) is 45.8 Å². The number of benzene rings is 3. The Morgan fingerprint density at radius 3 is 2.29 bits per heavy atom. The monoisotopic (exact) mass is 463 g/mol. The van der Waals surface area contributed by atoms with E-state index >= 15 is 0 Å². The molecule has 0 bridgehead atoms. The Kier molecular flexibility index (Phi) is 5.84. The number of rotatable bonds is 4. The van der Waals surface area contributed by atoms with Gasteiger partial charge < -0.3 is 4.90 Å². The molecule has 0 unspecified atom stereocenters. The zero-order valence-corrected chi connectivity index (χ0v) is 19.5. The van der Waals surface area contributed by atoms with E-state index in [0.717, 1.165) is 47.1 Å².